The molecule has 2 aliphatic heterocycles. The number of fused-ring (bicyclic) bond motifs is 1. The minimum atomic E-state index is -3.47. The second-order valence-corrected chi connectivity index (χ2v) is 11.4. The molecule has 1 aromatic carbocycles. The summed E-state index contributed by atoms with van der Waals surface area (Å²) < 4.78 is 27.5. The van der Waals surface area contributed by atoms with Crippen LogP contribution in [0.5, 0.6) is 0 Å². The molecule has 3 aromatic rings. The molecule has 2 aliphatic rings. The zero-order valence-corrected chi connectivity index (χ0v) is 18.7. The summed E-state index contributed by atoms with van der Waals surface area (Å²) in [6, 6.07) is 9.12. The number of benzene rings is 1. The Hall–Kier alpha value is -2.07. The molecule has 2 aromatic heterocycles. The number of piperidine rings is 1. The highest BCUT2D eigenvalue weighted by molar-refractivity contribution is 7.89. The van der Waals surface area contributed by atoms with E-state index in [1.54, 1.807) is 44.9 Å². The Kier molecular flexibility index (Phi) is 5.22. The van der Waals surface area contributed by atoms with E-state index >= 15 is 0 Å². The van der Waals surface area contributed by atoms with Crippen LogP contribution in [-0.4, -0.2) is 43.2 Å². The van der Waals surface area contributed by atoms with E-state index in [1.165, 1.54) is 11.3 Å². The summed E-state index contributed by atoms with van der Waals surface area (Å²) >= 11 is 2.99. The number of carbonyl (C=O) groups is 1. The van der Waals surface area contributed by atoms with Gasteiger partial charge in [-0.05, 0) is 54.5 Å². The number of anilines is 1. The molecule has 0 spiro atoms. The molecule has 0 saturated carbocycles. The maximum absolute atomic E-state index is 13.1. The molecular weight excluding hydrogens is 438 g/mol. The Balaban J connectivity index is 1.39. The topological polar surface area (TPSA) is 70.6 Å². The highest BCUT2D eigenvalue weighted by atomic mass is 32.2. The van der Waals surface area contributed by atoms with Gasteiger partial charge in [-0.2, -0.15) is 4.31 Å². The molecule has 6 nitrogen and oxygen atoms in total. The van der Waals surface area contributed by atoms with Crippen LogP contribution in [0.4, 0.5) is 5.69 Å². The van der Waals surface area contributed by atoms with Crippen LogP contribution in [0.3, 0.4) is 0 Å². The third-order valence-corrected chi connectivity index (χ3v) is 9.51. The fraction of sp³-hybridized carbons (Fsp3) is 0.333. The molecule has 1 amide bonds. The molecule has 1 fully saturated rings. The van der Waals surface area contributed by atoms with E-state index in [9.17, 15) is 13.2 Å². The van der Waals surface area contributed by atoms with Gasteiger partial charge >= 0.3 is 0 Å². The molecule has 0 N–H and O–H groups in total. The normalized spacial score (nSPS) is 17.3. The third-order valence-electron chi connectivity index (χ3n) is 5.59. The molecule has 1 saturated heterocycles. The Bertz CT molecular complexity index is 1180. The Morgan fingerprint density at radius 3 is 2.67 bits per heavy atom. The number of thiazole rings is 1. The van der Waals surface area contributed by atoms with Crippen molar-refractivity contribution in [1.82, 2.24) is 9.29 Å². The molecule has 30 heavy (non-hydrogen) atoms. The van der Waals surface area contributed by atoms with Crippen molar-refractivity contribution in [2.75, 3.05) is 24.5 Å². The fourth-order valence-corrected chi connectivity index (χ4v) is 7.26. The van der Waals surface area contributed by atoms with Gasteiger partial charge in [0.15, 0.2) is 0 Å². The molecule has 0 bridgehead atoms. The lowest BCUT2D eigenvalue weighted by molar-refractivity contribution is 0.0993. The zero-order chi connectivity index (χ0) is 20.7. The number of thiophene rings is 1. The zero-order valence-electron chi connectivity index (χ0n) is 16.3. The van der Waals surface area contributed by atoms with Gasteiger partial charge in [0.2, 0.25) is 10.0 Å². The fourth-order valence-electron chi connectivity index (χ4n) is 4.02. The van der Waals surface area contributed by atoms with Gasteiger partial charge in [-0.15, -0.1) is 22.7 Å². The summed E-state index contributed by atoms with van der Waals surface area (Å²) in [6.07, 6.45) is 5.19. The summed E-state index contributed by atoms with van der Waals surface area (Å²) in [7, 11) is -3.47. The van der Waals surface area contributed by atoms with E-state index in [0.717, 1.165) is 40.4 Å². The summed E-state index contributed by atoms with van der Waals surface area (Å²) in [5.41, 5.74) is 1.70. The number of aromatic nitrogens is 1. The number of sulfonamides is 1. The van der Waals surface area contributed by atoms with Crippen molar-refractivity contribution in [3.8, 4) is 9.88 Å². The number of hydrogen-bond acceptors (Lipinski definition) is 6. The van der Waals surface area contributed by atoms with Crippen LogP contribution >= 0.6 is 22.7 Å². The van der Waals surface area contributed by atoms with Crippen LogP contribution in [0.2, 0.25) is 0 Å². The van der Waals surface area contributed by atoms with Crippen LogP contribution in [0.15, 0.2) is 46.8 Å². The van der Waals surface area contributed by atoms with Crippen molar-refractivity contribution in [3.63, 3.8) is 0 Å². The first-order valence-electron chi connectivity index (χ1n) is 9.99. The minimum Gasteiger partial charge on any atom is -0.307 e. The van der Waals surface area contributed by atoms with Crippen molar-refractivity contribution in [3.05, 3.63) is 52.3 Å². The van der Waals surface area contributed by atoms with E-state index in [1.807, 2.05) is 17.5 Å². The highest BCUT2D eigenvalue weighted by Crippen LogP contribution is 2.35. The van der Waals surface area contributed by atoms with Crippen molar-refractivity contribution in [2.24, 2.45) is 0 Å². The average Bonchev–Trinajstić information content (AvgIpc) is 3.53. The Morgan fingerprint density at radius 1 is 1.07 bits per heavy atom. The van der Waals surface area contributed by atoms with Crippen LogP contribution in [0.1, 0.15) is 34.5 Å². The van der Waals surface area contributed by atoms with Gasteiger partial charge in [0.05, 0.1) is 16.0 Å². The number of amides is 1. The molecule has 0 aliphatic carbocycles. The van der Waals surface area contributed by atoms with Crippen molar-refractivity contribution in [2.45, 2.75) is 30.6 Å². The quantitative estimate of drug-likeness (QED) is 0.585. The van der Waals surface area contributed by atoms with E-state index in [-0.39, 0.29) is 5.91 Å². The first kappa shape index (κ1) is 19.9. The lowest BCUT2D eigenvalue weighted by Crippen LogP contribution is -2.35. The molecular formula is C21H21N3O3S3. The predicted molar refractivity (Wildman–Crippen MR) is 120 cm³/mol. The SMILES string of the molecule is O=C(c1cnc(-c2cccs2)s1)N1CCc2cc(S(=O)(=O)N3CCCCC3)ccc21. The predicted octanol–water partition coefficient (Wildman–Crippen LogP) is 4.25. The van der Waals surface area contributed by atoms with E-state index in [0.29, 0.717) is 35.8 Å². The van der Waals surface area contributed by atoms with E-state index < -0.39 is 10.0 Å². The summed E-state index contributed by atoms with van der Waals surface area (Å²) in [6.45, 7) is 1.72. The molecule has 4 heterocycles. The van der Waals surface area contributed by atoms with Crippen molar-refractivity contribution >= 4 is 44.3 Å². The first-order chi connectivity index (χ1) is 14.5. The Labute approximate surface area is 183 Å². The van der Waals surface area contributed by atoms with Gasteiger partial charge in [-0.25, -0.2) is 13.4 Å². The second kappa shape index (κ2) is 7.88. The monoisotopic (exact) mass is 459 g/mol. The minimum absolute atomic E-state index is 0.0827. The number of carbonyl (C=O) groups excluding carboxylic acids is 1. The maximum Gasteiger partial charge on any atom is 0.270 e. The van der Waals surface area contributed by atoms with E-state index in [4.69, 9.17) is 0 Å². The van der Waals surface area contributed by atoms with Crippen LogP contribution < -0.4 is 4.90 Å². The standard InChI is InChI=1S/C21H21N3O3S3/c25-21(19-14-22-20(29-19)18-5-4-12-28-18)24-11-8-15-13-16(6-7-17(15)24)30(26,27)23-9-2-1-3-10-23/h4-7,12-14H,1-3,8-11H2. The van der Waals surface area contributed by atoms with Crippen molar-refractivity contribution in [1.29, 1.82) is 0 Å². The largest absolute Gasteiger partial charge is 0.307 e. The smallest absolute Gasteiger partial charge is 0.270 e. The van der Waals surface area contributed by atoms with Crippen LogP contribution in [0.25, 0.3) is 9.88 Å². The molecule has 156 valence electrons. The van der Waals surface area contributed by atoms with Gasteiger partial charge < -0.3 is 4.90 Å². The highest BCUT2D eigenvalue weighted by Gasteiger charge is 2.31. The third kappa shape index (κ3) is 3.49. The van der Waals surface area contributed by atoms with Gasteiger partial charge in [-0.3, -0.25) is 4.79 Å². The maximum atomic E-state index is 13.1. The van der Waals surface area contributed by atoms with Gasteiger partial charge in [-0.1, -0.05) is 12.5 Å². The second-order valence-electron chi connectivity index (χ2n) is 7.47. The van der Waals surface area contributed by atoms with Gasteiger partial charge in [0, 0.05) is 25.3 Å². The average molecular weight is 460 g/mol. The van der Waals surface area contributed by atoms with Crippen LogP contribution in [0, 0.1) is 0 Å². The number of rotatable bonds is 4. The molecule has 0 atom stereocenters. The van der Waals surface area contributed by atoms with Crippen LogP contribution in [-0.2, 0) is 16.4 Å². The molecule has 0 radical (unpaired) electrons. The summed E-state index contributed by atoms with van der Waals surface area (Å²) in [4.78, 5) is 21.2. The number of nitrogens with zero attached hydrogens (tertiary/aromatic N) is 3. The first-order valence-corrected chi connectivity index (χ1v) is 13.1. The summed E-state index contributed by atoms with van der Waals surface area (Å²) in [5.74, 6) is -0.0827. The summed E-state index contributed by atoms with van der Waals surface area (Å²) in [5, 5.41) is 2.83. The Morgan fingerprint density at radius 2 is 1.90 bits per heavy atom. The number of hydrogen-bond donors (Lipinski definition) is 0. The molecule has 5 rings (SSSR count). The van der Waals surface area contributed by atoms with Gasteiger partial charge in [0.1, 0.15) is 9.88 Å². The van der Waals surface area contributed by atoms with Crippen molar-refractivity contribution < 1.29 is 13.2 Å². The lowest BCUT2D eigenvalue weighted by atomic mass is 10.2. The lowest BCUT2D eigenvalue weighted by Gasteiger charge is -2.26. The van der Waals surface area contributed by atoms with E-state index in [2.05, 4.69) is 4.98 Å². The van der Waals surface area contributed by atoms with Gasteiger partial charge in [0.25, 0.3) is 5.91 Å². The molecule has 9 heteroatoms. The molecule has 0 unspecified atom stereocenters.